The highest BCUT2D eigenvalue weighted by molar-refractivity contribution is 7.98. The van der Waals surface area contributed by atoms with Gasteiger partial charge in [-0.25, -0.2) is 13.8 Å². The predicted octanol–water partition coefficient (Wildman–Crippen LogP) is 4.41. The van der Waals surface area contributed by atoms with E-state index in [4.69, 9.17) is 0 Å². The van der Waals surface area contributed by atoms with Gasteiger partial charge >= 0.3 is 0 Å². The molecular weight excluding hydrogens is 380 g/mol. The van der Waals surface area contributed by atoms with Crippen LogP contribution in [-0.2, 0) is 12.3 Å². The molecular formula is C21H15F2N3OS. The monoisotopic (exact) mass is 395 g/mol. The van der Waals surface area contributed by atoms with Crippen molar-refractivity contribution in [2.75, 3.05) is 0 Å². The smallest absolute Gasteiger partial charge is 0.262 e. The molecule has 0 aliphatic rings. The third-order valence-electron chi connectivity index (χ3n) is 4.24. The van der Waals surface area contributed by atoms with E-state index in [1.165, 1.54) is 16.3 Å². The Kier molecular flexibility index (Phi) is 5.16. The average molecular weight is 395 g/mol. The Morgan fingerprint density at radius 3 is 2.64 bits per heavy atom. The summed E-state index contributed by atoms with van der Waals surface area (Å²) in [5.41, 5.74) is 1.29. The molecule has 0 amide bonds. The Balaban J connectivity index is 1.76. The predicted molar refractivity (Wildman–Crippen MR) is 105 cm³/mol. The maximum atomic E-state index is 14.0. The first-order valence-electron chi connectivity index (χ1n) is 8.58. The molecule has 0 N–H and O–H groups in total. The van der Waals surface area contributed by atoms with Crippen LogP contribution in [0, 0.1) is 11.6 Å². The maximum Gasteiger partial charge on any atom is 0.262 e. The summed E-state index contributed by atoms with van der Waals surface area (Å²) in [5, 5.41) is 0.928. The normalized spacial score (nSPS) is 11.1. The van der Waals surface area contributed by atoms with E-state index < -0.39 is 11.6 Å². The molecule has 0 saturated carbocycles. The van der Waals surface area contributed by atoms with Crippen molar-refractivity contribution in [2.45, 2.75) is 17.5 Å². The fourth-order valence-electron chi connectivity index (χ4n) is 2.85. The molecule has 0 spiro atoms. The molecule has 4 aromatic rings. The van der Waals surface area contributed by atoms with Crippen LogP contribution in [0.15, 0.2) is 76.8 Å². The van der Waals surface area contributed by atoms with Gasteiger partial charge in [-0.05, 0) is 42.5 Å². The summed E-state index contributed by atoms with van der Waals surface area (Å²) < 4.78 is 29.0. The van der Waals surface area contributed by atoms with E-state index in [-0.39, 0.29) is 23.4 Å². The molecule has 4 rings (SSSR count). The fraction of sp³-hybridized carbons (Fsp3) is 0.0952. The molecule has 0 bridgehead atoms. The van der Waals surface area contributed by atoms with Gasteiger partial charge in [0.15, 0.2) is 5.16 Å². The van der Waals surface area contributed by atoms with Crippen LogP contribution in [0.1, 0.15) is 11.3 Å². The van der Waals surface area contributed by atoms with Gasteiger partial charge in [0, 0.05) is 17.5 Å². The Bertz CT molecular complexity index is 1200. The van der Waals surface area contributed by atoms with Gasteiger partial charge in [0.25, 0.3) is 5.56 Å². The number of thioether (sulfide) groups is 1. The fourth-order valence-corrected chi connectivity index (χ4v) is 3.82. The SMILES string of the molecule is O=c1c2ccccc2nc(SCc2cc(F)ccc2F)n1Cc1ccccn1. The molecule has 140 valence electrons. The summed E-state index contributed by atoms with van der Waals surface area (Å²) in [5.74, 6) is -0.848. The number of fused-ring (bicyclic) bond motifs is 1. The van der Waals surface area contributed by atoms with Crippen LogP contribution < -0.4 is 5.56 Å². The lowest BCUT2D eigenvalue weighted by Crippen LogP contribution is -2.24. The third-order valence-corrected chi connectivity index (χ3v) is 5.26. The zero-order valence-electron chi connectivity index (χ0n) is 14.7. The van der Waals surface area contributed by atoms with Crippen LogP contribution in [0.25, 0.3) is 10.9 Å². The van der Waals surface area contributed by atoms with Crippen LogP contribution in [0.2, 0.25) is 0 Å². The molecule has 0 atom stereocenters. The second-order valence-corrected chi connectivity index (χ2v) is 7.09. The van der Waals surface area contributed by atoms with Crippen LogP contribution in [0.4, 0.5) is 8.78 Å². The second kappa shape index (κ2) is 7.90. The molecule has 4 nitrogen and oxygen atoms in total. The first kappa shape index (κ1) is 18.3. The van der Waals surface area contributed by atoms with Gasteiger partial charge in [0.1, 0.15) is 11.6 Å². The molecule has 7 heteroatoms. The van der Waals surface area contributed by atoms with E-state index in [0.29, 0.717) is 21.8 Å². The zero-order valence-corrected chi connectivity index (χ0v) is 15.5. The Morgan fingerprint density at radius 1 is 1.00 bits per heavy atom. The largest absolute Gasteiger partial charge is 0.281 e. The number of hydrogen-bond donors (Lipinski definition) is 0. The molecule has 2 aromatic carbocycles. The summed E-state index contributed by atoms with van der Waals surface area (Å²) in [4.78, 5) is 21.9. The Morgan fingerprint density at radius 2 is 1.82 bits per heavy atom. The highest BCUT2D eigenvalue weighted by atomic mass is 32.2. The molecule has 0 radical (unpaired) electrons. The molecule has 2 aromatic heterocycles. The molecule has 28 heavy (non-hydrogen) atoms. The van der Waals surface area contributed by atoms with Crippen molar-refractivity contribution in [2.24, 2.45) is 0 Å². The van der Waals surface area contributed by atoms with Gasteiger partial charge in [0.05, 0.1) is 23.1 Å². The van der Waals surface area contributed by atoms with E-state index in [0.717, 1.165) is 18.2 Å². The quantitative estimate of drug-likeness (QED) is 0.371. The molecule has 0 fully saturated rings. The number of benzene rings is 2. The van der Waals surface area contributed by atoms with Crippen LogP contribution in [0.3, 0.4) is 0 Å². The Labute approximate surface area is 163 Å². The van der Waals surface area contributed by atoms with Crippen molar-refractivity contribution in [1.29, 1.82) is 0 Å². The second-order valence-electron chi connectivity index (χ2n) is 6.15. The summed E-state index contributed by atoms with van der Waals surface area (Å²) in [7, 11) is 0. The molecule has 0 saturated heterocycles. The lowest BCUT2D eigenvalue weighted by molar-refractivity contribution is 0.591. The number of pyridine rings is 1. The van der Waals surface area contributed by atoms with Gasteiger partial charge in [-0.2, -0.15) is 0 Å². The van der Waals surface area contributed by atoms with E-state index in [1.807, 2.05) is 12.1 Å². The van der Waals surface area contributed by atoms with Crippen LogP contribution in [0.5, 0.6) is 0 Å². The lowest BCUT2D eigenvalue weighted by atomic mass is 10.2. The van der Waals surface area contributed by atoms with Crippen molar-refractivity contribution in [3.63, 3.8) is 0 Å². The number of hydrogen-bond acceptors (Lipinski definition) is 4. The van der Waals surface area contributed by atoms with E-state index in [9.17, 15) is 13.6 Å². The van der Waals surface area contributed by atoms with Crippen LogP contribution >= 0.6 is 11.8 Å². The van der Waals surface area contributed by atoms with Gasteiger partial charge in [-0.15, -0.1) is 0 Å². The minimum absolute atomic E-state index is 0.149. The molecule has 0 unspecified atom stereocenters. The van der Waals surface area contributed by atoms with Gasteiger partial charge in [0.2, 0.25) is 0 Å². The zero-order chi connectivity index (χ0) is 19.5. The number of nitrogens with zero attached hydrogens (tertiary/aromatic N) is 3. The first-order chi connectivity index (χ1) is 13.6. The average Bonchev–Trinajstić information content (AvgIpc) is 2.72. The maximum absolute atomic E-state index is 14.0. The summed E-state index contributed by atoms with van der Waals surface area (Å²) in [6.45, 7) is 0.242. The molecule has 0 aliphatic carbocycles. The van der Waals surface area contributed by atoms with E-state index >= 15 is 0 Å². The lowest BCUT2D eigenvalue weighted by Gasteiger charge is -2.13. The summed E-state index contributed by atoms with van der Waals surface area (Å²) in [6.07, 6.45) is 1.66. The van der Waals surface area contributed by atoms with Crippen molar-refractivity contribution >= 4 is 22.7 Å². The molecule has 2 heterocycles. The van der Waals surface area contributed by atoms with Crippen molar-refractivity contribution in [3.05, 3.63) is 100 Å². The van der Waals surface area contributed by atoms with Gasteiger partial charge in [-0.1, -0.05) is 30.0 Å². The number of halogens is 2. The third kappa shape index (κ3) is 3.80. The minimum Gasteiger partial charge on any atom is -0.281 e. The van der Waals surface area contributed by atoms with Crippen molar-refractivity contribution < 1.29 is 8.78 Å². The topological polar surface area (TPSA) is 47.8 Å². The summed E-state index contributed by atoms with van der Waals surface area (Å²) >= 11 is 1.19. The highest BCUT2D eigenvalue weighted by Crippen LogP contribution is 2.24. The van der Waals surface area contributed by atoms with E-state index in [2.05, 4.69) is 9.97 Å². The Hall–Kier alpha value is -3.06. The first-order valence-corrected chi connectivity index (χ1v) is 9.56. The highest BCUT2D eigenvalue weighted by Gasteiger charge is 2.14. The van der Waals surface area contributed by atoms with Gasteiger partial charge in [-0.3, -0.25) is 14.3 Å². The molecule has 0 aliphatic heterocycles. The van der Waals surface area contributed by atoms with Gasteiger partial charge < -0.3 is 0 Å². The standard InChI is InChI=1S/C21H15F2N3OS/c22-15-8-9-18(23)14(11-15)13-28-21-25-19-7-2-1-6-17(19)20(27)26(21)12-16-5-3-4-10-24-16/h1-11H,12-13H2. The number of rotatable bonds is 5. The number of para-hydroxylation sites is 1. The van der Waals surface area contributed by atoms with Crippen molar-refractivity contribution in [3.8, 4) is 0 Å². The number of aromatic nitrogens is 3. The van der Waals surface area contributed by atoms with E-state index in [1.54, 1.807) is 36.5 Å². The minimum atomic E-state index is -0.505. The van der Waals surface area contributed by atoms with Crippen molar-refractivity contribution in [1.82, 2.24) is 14.5 Å². The summed E-state index contributed by atoms with van der Waals surface area (Å²) in [6, 6.07) is 15.9. The van der Waals surface area contributed by atoms with Crippen LogP contribution in [-0.4, -0.2) is 14.5 Å².